The van der Waals surface area contributed by atoms with Crippen LogP contribution >= 0.6 is 0 Å². The molecule has 1 fully saturated rings. The van der Waals surface area contributed by atoms with Crippen molar-refractivity contribution in [2.75, 3.05) is 13.2 Å². The molecular weight excluding hydrogens is 375 g/mol. The Labute approximate surface area is 168 Å². The average molecular weight is 398 g/mol. The van der Waals surface area contributed by atoms with E-state index in [-0.39, 0.29) is 30.5 Å². The highest BCUT2D eigenvalue weighted by Crippen LogP contribution is 2.37. The van der Waals surface area contributed by atoms with Gasteiger partial charge in [0.2, 0.25) is 0 Å². The molecule has 0 aliphatic carbocycles. The Kier molecular flexibility index (Phi) is 5.49. The molecule has 2 amide bonds. The number of halogens is 1. The number of rotatable bonds is 4. The van der Waals surface area contributed by atoms with Gasteiger partial charge in [0.1, 0.15) is 18.5 Å². The van der Waals surface area contributed by atoms with Crippen molar-refractivity contribution in [2.24, 2.45) is 5.73 Å². The van der Waals surface area contributed by atoms with Crippen LogP contribution in [0.5, 0.6) is 0 Å². The molecule has 4 rings (SSSR count). The van der Waals surface area contributed by atoms with Gasteiger partial charge in [-0.15, -0.1) is 0 Å². The van der Waals surface area contributed by atoms with Crippen LogP contribution in [0, 0.1) is 5.82 Å². The quantitative estimate of drug-likeness (QED) is 0.859. The second kappa shape index (κ2) is 8.21. The largest absolute Gasteiger partial charge is 0.447 e. The number of ether oxygens (including phenoxy) is 2. The predicted molar refractivity (Wildman–Crippen MR) is 104 cm³/mol. The third-order valence-electron chi connectivity index (χ3n) is 5.55. The van der Waals surface area contributed by atoms with Gasteiger partial charge < -0.3 is 20.1 Å². The monoisotopic (exact) mass is 398 g/mol. The number of carbonyl (C=O) groups is 2. The van der Waals surface area contributed by atoms with E-state index in [0.717, 1.165) is 17.5 Å². The molecule has 0 aromatic heterocycles. The van der Waals surface area contributed by atoms with Crippen molar-refractivity contribution >= 4 is 12.0 Å². The minimum atomic E-state index is -0.854. The number of fused-ring (bicyclic) bond motifs is 1. The van der Waals surface area contributed by atoms with Crippen LogP contribution < -0.4 is 5.73 Å². The van der Waals surface area contributed by atoms with Crippen LogP contribution in [-0.2, 0) is 20.7 Å². The highest BCUT2D eigenvalue weighted by molar-refractivity contribution is 5.82. The summed E-state index contributed by atoms with van der Waals surface area (Å²) in [5, 5.41) is 0. The number of nitrogens with two attached hydrogens (primary N) is 1. The molecule has 6 nitrogen and oxygen atoms in total. The Hall–Kier alpha value is -2.93. The van der Waals surface area contributed by atoms with E-state index < -0.39 is 12.2 Å². The lowest BCUT2D eigenvalue weighted by Crippen LogP contribution is -2.45. The summed E-state index contributed by atoms with van der Waals surface area (Å²) < 4.78 is 24.1. The Bertz CT molecular complexity index is 902. The lowest BCUT2D eigenvalue weighted by molar-refractivity contribution is -0.145. The van der Waals surface area contributed by atoms with Gasteiger partial charge in [-0.05, 0) is 48.1 Å². The third-order valence-corrected chi connectivity index (χ3v) is 5.55. The lowest BCUT2D eigenvalue weighted by atomic mass is 9.87. The Morgan fingerprint density at radius 1 is 1.14 bits per heavy atom. The summed E-state index contributed by atoms with van der Waals surface area (Å²) in [6.45, 7) is 0.601. The first-order valence-electron chi connectivity index (χ1n) is 9.74. The maximum absolute atomic E-state index is 13.5. The third kappa shape index (κ3) is 4.10. The smallest absolute Gasteiger partial charge is 0.404 e. The van der Waals surface area contributed by atoms with Gasteiger partial charge in [0.25, 0.3) is 5.91 Å². The number of nitrogens with zero attached hydrogens (tertiary/aromatic N) is 1. The number of benzene rings is 2. The van der Waals surface area contributed by atoms with Crippen LogP contribution in [0.2, 0.25) is 0 Å². The maximum Gasteiger partial charge on any atom is 0.404 e. The highest BCUT2D eigenvalue weighted by atomic mass is 19.1. The van der Waals surface area contributed by atoms with Crippen molar-refractivity contribution in [1.82, 2.24) is 4.90 Å². The van der Waals surface area contributed by atoms with Crippen LogP contribution in [0.3, 0.4) is 0 Å². The zero-order valence-electron chi connectivity index (χ0n) is 15.9. The van der Waals surface area contributed by atoms with Crippen molar-refractivity contribution in [3.63, 3.8) is 0 Å². The first-order valence-corrected chi connectivity index (χ1v) is 9.74. The summed E-state index contributed by atoms with van der Waals surface area (Å²) in [7, 11) is 0. The second-order valence-electron chi connectivity index (χ2n) is 7.39. The molecule has 2 aliphatic heterocycles. The molecule has 0 saturated carbocycles. The van der Waals surface area contributed by atoms with Gasteiger partial charge >= 0.3 is 6.09 Å². The first kappa shape index (κ1) is 19.4. The van der Waals surface area contributed by atoms with E-state index in [2.05, 4.69) is 6.07 Å². The van der Waals surface area contributed by atoms with Gasteiger partial charge in [0.05, 0.1) is 12.1 Å². The molecule has 3 atom stereocenters. The Morgan fingerprint density at radius 3 is 2.66 bits per heavy atom. The maximum atomic E-state index is 13.5. The molecule has 0 unspecified atom stereocenters. The predicted octanol–water partition coefficient (Wildman–Crippen LogP) is 2.94. The highest BCUT2D eigenvalue weighted by Gasteiger charge is 2.39. The molecule has 29 heavy (non-hydrogen) atoms. The van der Waals surface area contributed by atoms with Crippen molar-refractivity contribution < 1.29 is 23.5 Å². The topological polar surface area (TPSA) is 81.9 Å². The van der Waals surface area contributed by atoms with Gasteiger partial charge in [-0.1, -0.05) is 36.4 Å². The molecule has 0 bridgehead atoms. The lowest BCUT2D eigenvalue weighted by Gasteiger charge is -2.39. The van der Waals surface area contributed by atoms with Gasteiger partial charge in [0, 0.05) is 6.54 Å². The summed E-state index contributed by atoms with van der Waals surface area (Å²) in [6.07, 6.45) is 0.144. The SMILES string of the molecule is NC(=O)OC[C@@H]1CC[C@@H](C(=O)N2CCc3ccccc3[C@@H]2c2ccc(F)cc2)O1. The zero-order chi connectivity index (χ0) is 20.4. The zero-order valence-corrected chi connectivity index (χ0v) is 15.9. The molecule has 0 radical (unpaired) electrons. The van der Waals surface area contributed by atoms with E-state index >= 15 is 0 Å². The van der Waals surface area contributed by atoms with Gasteiger partial charge in [-0.25, -0.2) is 9.18 Å². The minimum Gasteiger partial charge on any atom is -0.447 e. The number of hydrogen-bond acceptors (Lipinski definition) is 4. The van der Waals surface area contributed by atoms with Crippen LogP contribution in [0.1, 0.15) is 35.6 Å². The Balaban J connectivity index is 1.58. The summed E-state index contributed by atoms with van der Waals surface area (Å²) in [5.41, 5.74) is 8.09. The molecule has 0 spiro atoms. The molecule has 2 N–H and O–H groups in total. The van der Waals surface area contributed by atoms with Crippen LogP contribution in [0.15, 0.2) is 48.5 Å². The summed E-state index contributed by atoms with van der Waals surface area (Å²) >= 11 is 0. The molecule has 1 saturated heterocycles. The van der Waals surface area contributed by atoms with Crippen LogP contribution in [0.25, 0.3) is 0 Å². The van der Waals surface area contributed by atoms with Gasteiger partial charge in [0.15, 0.2) is 0 Å². The van der Waals surface area contributed by atoms with E-state index in [0.29, 0.717) is 19.4 Å². The van der Waals surface area contributed by atoms with E-state index in [4.69, 9.17) is 15.2 Å². The van der Waals surface area contributed by atoms with Crippen LogP contribution in [0.4, 0.5) is 9.18 Å². The fourth-order valence-electron chi connectivity index (χ4n) is 4.18. The average Bonchev–Trinajstić information content (AvgIpc) is 3.21. The van der Waals surface area contributed by atoms with Crippen molar-refractivity contribution in [3.8, 4) is 0 Å². The first-order chi connectivity index (χ1) is 14.0. The van der Waals surface area contributed by atoms with E-state index in [1.807, 2.05) is 23.1 Å². The minimum absolute atomic E-state index is 0.0450. The molecule has 152 valence electrons. The number of carbonyl (C=O) groups excluding carboxylic acids is 2. The number of primary amides is 1. The van der Waals surface area contributed by atoms with Gasteiger partial charge in [-0.2, -0.15) is 0 Å². The van der Waals surface area contributed by atoms with Crippen molar-refractivity contribution in [3.05, 3.63) is 71.0 Å². The summed E-state index contributed by atoms with van der Waals surface area (Å²) in [5.74, 6) is -0.414. The molecule has 7 heteroatoms. The normalized spacial score (nSPS) is 23.5. The van der Waals surface area contributed by atoms with Gasteiger partial charge in [-0.3, -0.25) is 4.79 Å². The Morgan fingerprint density at radius 2 is 1.90 bits per heavy atom. The summed E-state index contributed by atoms with van der Waals surface area (Å²) in [4.78, 5) is 26.0. The van der Waals surface area contributed by atoms with E-state index in [1.165, 1.54) is 17.7 Å². The van der Waals surface area contributed by atoms with E-state index in [1.54, 1.807) is 12.1 Å². The standard InChI is InChI=1S/C22H23FN2O4/c23-16-7-5-15(6-8-16)20-18-4-2-1-3-14(18)11-12-25(20)21(26)19-10-9-17(29-19)13-28-22(24)27/h1-8,17,19-20H,9-13H2,(H2,24,27)/t17-,19-,20-/m0/s1. The molecule has 2 heterocycles. The molecular formula is C22H23FN2O4. The molecule has 2 aromatic carbocycles. The van der Waals surface area contributed by atoms with Crippen molar-refractivity contribution in [1.29, 1.82) is 0 Å². The number of hydrogen-bond donors (Lipinski definition) is 1. The second-order valence-corrected chi connectivity index (χ2v) is 7.39. The molecule has 2 aliphatic rings. The number of amides is 2. The fraction of sp³-hybridized carbons (Fsp3) is 0.364. The molecule has 2 aromatic rings. The fourth-order valence-corrected chi connectivity index (χ4v) is 4.18. The van der Waals surface area contributed by atoms with Crippen LogP contribution in [-0.4, -0.2) is 42.3 Å². The van der Waals surface area contributed by atoms with Crippen molar-refractivity contribution in [2.45, 2.75) is 37.5 Å². The van der Waals surface area contributed by atoms with E-state index in [9.17, 15) is 14.0 Å². The summed E-state index contributed by atoms with van der Waals surface area (Å²) in [6, 6.07) is 14.0.